The lowest BCUT2D eigenvalue weighted by molar-refractivity contribution is -0.385. The molecule has 0 radical (unpaired) electrons. The van der Waals surface area contributed by atoms with E-state index in [-0.39, 0.29) is 18.1 Å². The Kier molecular flexibility index (Phi) is 5.29. The van der Waals surface area contributed by atoms with Crippen molar-refractivity contribution in [3.8, 4) is 0 Å². The second-order valence-corrected chi connectivity index (χ2v) is 3.71. The summed E-state index contributed by atoms with van der Waals surface area (Å²) in [6, 6.07) is 6.60. The first-order chi connectivity index (χ1) is 8.15. The van der Waals surface area contributed by atoms with Gasteiger partial charge >= 0.3 is 0 Å². The standard InChI is InChI=1S/C12H15NO4/c1-17-9-11(14)7-4-6-10-5-2-3-8-12(10)13(15)16/h2-3,5,8H,4,6-7,9H2,1H3. The number of para-hydroxylation sites is 1. The van der Waals surface area contributed by atoms with Gasteiger partial charge in [0, 0.05) is 25.2 Å². The largest absolute Gasteiger partial charge is 0.377 e. The fraction of sp³-hybridized carbons (Fsp3) is 0.417. The molecule has 92 valence electrons. The van der Waals surface area contributed by atoms with Gasteiger partial charge in [0.25, 0.3) is 5.69 Å². The van der Waals surface area contributed by atoms with E-state index in [1.807, 2.05) is 0 Å². The Labute approximate surface area is 99.5 Å². The van der Waals surface area contributed by atoms with Crippen LogP contribution in [0.2, 0.25) is 0 Å². The summed E-state index contributed by atoms with van der Waals surface area (Å²) in [5, 5.41) is 10.7. The smallest absolute Gasteiger partial charge is 0.272 e. The predicted octanol–water partition coefficient (Wildman–Crippen LogP) is 2.13. The average molecular weight is 237 g/mol. The predicted molar refractivity (Wildman–Crippen MR) is 62.9 cm³/mol. The number of ether oxygens (including phenoxy) is 1. The zero-order valence-corrected chi connectivity index (χ0v) is 9.72. The first kappa shape index (κ1) is 13.3. The highest BCUT2D eigenvalue weighted by molar-refractivity contribution is 5.79. The van der Waals surface area contributed by atoms with Gasteiger partial charge in [0.1, 0.15) is 6.61 Å². The Morgan fingerprint density at radius 1 is 1.41 bits per heavy atom. The maximum absolute atomic E-state index is 11.2. The number of aryl methyl sites for hydroxylation is 1. The molecule has 1 rings (SSSR count). The quantitative estimate of drug-likeness (QED) is 0.538. The molecule has 17 heavy (non-hydrogen) atoms. The molecule has 0 atom stereocenters. The highest BCUT2D eigenvalue weighted by atomic mass is 16.6. The zero-order chi connectivity index (χ0) is 12.7. The number of carbonyl (C=O) groups excluding carboxylic acids is 1. The SMILES string of the molecule is COCC(=O)CCCc1ccccc1[N+](=O)[O-]. The van der Waals surface area contributed by atoms with E-state index in [4.69, 9.17) is 4.74 Å². The van der Waals surface area contributed by atoms with Gasteiger partial charge in [-0.2, -0.15) is 0 Å². The van der Waals surface area contributed by atoms with Gasteiger partial charge in [0.2, 0.25) is 0 Å². The normalized spacial score (nSPS) is 10.2. The maximum Gasteiger partial charge on any atom is 0.272 e. The number of rotatable bonds is 7. The number of nitrogens with zero attached hydrogens (tertiary/aromatic N) is 1. The van der Waals surface area contributed by atoms with Gasteiger partial charge in [0.05, 0.1) is 4.92 Å². The van der Waals surface area contributed by atoms with Crippen LogP contribution in [0.4, 0.5) is 5.69 Å². The summed E-state index contributed by atoms with van der Waals surface area (Å²) in [6.07, 6.45) is 1.53. The van der Waals surface area contributed by atoms with Crippen molar-refractivity contribution >= 4 is 11.5 Å². The van der Waals surface area contributed by atoms with Crippen molar-refractivity contribution < 1.29 is 14.5 Å². The lowest BCUT2D eigenvalue weighted by atomic mass is 10.1. The van der Waals surface area contributed by atoms with Gasteiger partial charge in [-0.1, -0.05) is 18.2 Å². The molecule has 0 saturated carbocycles. The molecule has 0 aliphatic carbocycles. The van der Waals surface area contributed by atoms with Crippen LogP contribution < -0.4 is 0 Å². The van der Waals surface area contributed by atoms with Crippen molar-refractivity contribution in [2.75, 3.05) is 13.7 Å². The first-order valence-corrected chi connectivity index (χ1v) is 5.38. The summed E-state index contributed by atoms with van der Waals surface area (Å²) >= 11 is 0. The third-order valence-electron chi connectivity index (χ3n) is 2.40. The maximum atomic E-state index is 11.2. The van der Waals surface area contributed by atoms with E-state index in [9.17, 15) is 14.9 Å². The number of ketones is 1. The summed E-state index contributed by atoms with van der Waals surface area (Å²) in [4.78, 5) is 21.5. The number of benzene rings is 1. The summed E-state index contributed by atoms with van der Waals surface area (Å²) in [7, 11) is 1.47. The zero-order valence-electron chi connectivity index (χ0n) is 9.72. The molecule has 5 heteroatoms. The van der Waals surface area contributed by atoms with Crippen molar-refractivity contribution in [3.63, 3.8) is 0 Å². The minimum Gasteiger partial charge on any atom is -0.377 e. The van der Waals surface area contributed by atoms with Gasteiger partial charge in [-0.15, -0.1) is 0 Å². The highest BCUT2D eigenvalue weighted by Crippen LogP contribution is 2.19. The molecule has 0 N–H and O–H groups in total. The lowest BCUT2D eigenvalue weighted by Gasteiger charge is -2.02. The molecule has 5 nitrogen and oxygen atoms in total. The van der Waals surface area contributed by atoms with E-state index in [2.05, 4.69) is 0 Å². The second-order valence-electron chi connectivity index (χ2n) is 3.71. The monoisotopic (exact) mass is 237 g/mol. The van der Waals surface area contributed by atoms with Crippen LogP contribution in [-0.4, -0.2) is 24.4 Å². The fourth-order valence-corrected chi connectivity index (χ4v) is 1.61. The second kappa shape index (κ2) is 6.75. The summed E-state index contributed by atoms with van der Waals surface area (Å²) in [6.45, 7) is 0.108. The number of carbonyl (C=O) groups is 1. The molecule has 0 saturated heterocycles. The molecule has 0 heterocycles. The van der Waals surface area contributed by atoms with Crippen LogP contribution in [0.1, 0.15) is 18.4 Å². The average Bonchev–Trinajstić information content (AvgIpc) is 2.30. The highest BCUT2D eigenvalue weighted by Gasteiger charge is 2.12. The first-order valence-electron chi connectivity index (χ1n) is 5.38. The van der Waals surface area contributed by atoms with Gasteiger partial charge in [-0.25, -0.2) is 0 Å². The van der Waals surface area contributed by atoms with Crippen LogP contribution in [0.5, 0.6) is 0 Å². The lowest BCUT2D eigenvalue weighted by Crippen LogP contribution is -2.06. The Hall–Kier alpha value is -1.75. The van der Waals surface area contributed by atoms with Crippen LogP contribution in [0, 0.1) is 10.1 Å². The van der Waals surface area contributed by atoms with E-state index in [1.54, 1.807) is 18.2 Å². The molecule has 0 unspecified atom stereocenters. The van der Waals surface area contributed by atoms with E-state index in [0.29, 0.717) is 24.8 Å². The van der Waals surface area contributed by atoms with E-state index in [1.165, 1.54) is 13.2 Å². The molecule has 0 bridgehead atoms. The van der Waals surface area contributed by atoms with Crippen molar-refractivity contribution in [1.29, 1.82) is 0 Å². The summed E-state index contributed by atoms with van der Waals surface area (Å²) in [5.74, 6) is 0.0195. The van der Waals surface area contributed by atoms with Crippen LogP contribution in [0.25, 0.3) is 0 Å². The topological polar surface area (TPSA) is 69.4 Å². The molecular weight excluding hydrogens is 222 g/mol. The number of hydrogen-bond acceptors (Lipinski definition) is 4. The minimum atomic E-state index is -0.397. The fourth-order valence-electron chi connectivity index (χ4n) is 1.61. The molecule has 0 fully saturated rings. The van der Waals surface area contributed by atoms with Crippen molar-refractivity contribution in [2.24, 2.45) is 0 Å². The number of hydrogen-bond donors (Lipinski definition) is 0. The molecule has 0 aliphatic rings. The van der Waals surface area contributed by atoms with Gasteiger partial charge in [0.15, 0.2) is 5.78 Å². The molecule has 0 spiro atoms. The Morgan fingerprint density at radius 2 is 2.12 bits per heavy atom. The Morgan fingerprint density at radius 3 is 2.76 bits per heavy atom. The van der Waals surface area contributed by atoms with E-state index in [0.717, 1.165) is 0 Å². The van der Waals surface area contributed by atoms with Gasteiger partial charge in [-0.3, -0.25) is 14.9 Å². The molecular formula is C12H15NO4. The summed E-state index contributed by atoms with van der Waals surface area (Å²) < 4.78 is 4.71. The molecule has 1 aromatic rings. The summed E-state index contributed by atoms with van der Waals surface area (Å²) in [5.41, 5.74) is 0.786. The third-order valence-corrected chi connectivity index (χ3v) is 2.40. The molecule has 0 aromatic heterocycles. The molecule has 0 amide bonds. The molecule has 1 aromatic carbocycles. The number of Topliss-reactive ketones (excluding diaryl/α,β-unsaturated/α-hetero) is 1. The number of nitro benzene ring substituents is 1. The minimum absolute atomic E-state index is 0.0195. The van der Waals surface area contributed by atoms with E-state index >= 15 is 0 Å². The number of methoxy groups -OCH3 is 1. The van der Waals surface area contributed by atoms with Crippen LogP contribution in [-0.2, 0) is 16.0 Å². The van der Waals surface area contributed by atoms with Crippen LogP contribution in [0.15, 0.2) is 24.3 Å². The van der Waals surface area contributed by atoms with Gasteiger partial charge in [-0.05, 0) is 12.8 Å². The van der Waals surface area contributed by atoms with Crippen molar-refractivity contribution in [3.05, 3.63) is 39.9 Å². The van der Waals surface area contributed by atoms with E-state index < -0.39 is 4.92 Å². The van der Waals surface area contributed by atoms with Crippen molar-refractivity contribution in [2.45, 2.75) is 19.3 Å². The van der Waals surface area contributed by atoms with Crippen LogP contribution >= 0.6 is 0 Å². The Balaban J connectivity index is 2.52. The number of nitro groups is 1. The van der Waals surface area contributed by atoms with Gasteiger partial charge < -0.3 is 4.74 Å². The third kappa shape index (κ3) is 4.32. The van der Waals surface area contributed by atoms with Crippen LogP contribution in [0.3, 0.4) is 0 Å². The Bertz CT molecular complexity index is 403. The van der Waals surface area contributed by atoms with Crippen molar-refractivity contribution in [1.82, 2.24) is 0 Å². The molecule has 0 aliphatic heterocycles.